The lowest BCUT2D eigenvalue weighted by Crippen LogP contribution is -2.31. The molecular weight excluding hydrogens is 312 g/mol. The zero-order valence-corrected chi connectivity index (χ0v) is 13.9. The predicted molar refractivity (Wildman–Crippen MR) is 90.6 cm³/mol. The lowest BCUT2D eigenvalue weighted by atomic mass is 9.78. The molecule has 0 heterocycles. The number of phenols is 1. The minimum absolute atomic E-state index is 0.00437. The first-order valence-electron chi connectivity index (χ1n) is 7.26. The molecule has 2 rings (SSSR count). The standard InChI is InChI=1S/C18H20O4S/c1-3-11-18(12-4-2)13-16(9-10-17(18)20)23(21,22)15-7-5-14(19)6-8-15/h3-13,17,19-20H,1-2H3/b11-3-,12-4-. The third-order valence-corrected chi connectivity index (χ3v) is 5.48. The molecule has 1 aromatic rings. The van der Waals surface area contributed by atoms with E-state index in [1.54, 1.807) is 30.4 Å². The van der Waals surface area contributed by atoms with Gasteiger partial charge in [0.1, 0.15) is 5.75 Å². The highest BCUT2D eigenvalue weighted by atomic mass is 32.2. The van der Waals surface area contributed by atoms with Crippen LogP contribution in [0.1, 0.15) is 13.8 Å². The number of hydrogen-bond acceptors (Lipinski definition) is 4. The van der Waals surface area contributed by atoms with Crippen LogP contribution in [0.25, 0.3) is 0 Å². The zero-order valence-electron chi connectivity index (χ0n) is 13.0. The van der Waals surface area contributed by atoms with Crippen LogP contribution in [-0.2, 0) is 9.84 Å². The Morgan fingerprint density at radius 2 is 1.65 bits per heavy atom. The number of phenolic OH excluding ortho intramolecular Hbond substituents is 1. The SMILES string of the molecule is C/C=C\C1(/C=C\C)C=C(S(=O)(=O)c2ccc(O)cc2)C=CC1O. The van der Waals surface area contributed by atoms with Crippen molar-refractivity contribution in [3.63, 3.8) is 0 Å². The molecular formula is C18H20O4S. The van der Waals surface area contributed by atoms with Gasteiger partial charge in [-0.25, -0.2) is 8.42 Å². The summed E-state index contributed by atoms with van der Waals surface area (Å²) < 4.78 is 25.5. The summed E-state index contributed by atoms with van der Waals surface area (Å²) in [6, 6.07) is 5.38. The first kappa shape index (κ1) is 17.2. The second kappa shape index (κ2) is 6.56. The van der Waals surface area contributed by atoms with Crippen LogP contribution in [0.15, 0.2) is 76.6 Å². The number of sulfone groups is 1. The van der Waals surface area contributed by atoms with E-state index in [4.69, 9.17) is 0 Å². The normalized spacial score (nSPS) is 21.0. The molecule has 5 heteroatoms. The maximum absolute atomic E-state index is 12.8. The number of rotatable bonds is 4. The number of aromatic hydroxyl groups is 1. The van der Waals surface area contributed by atoms with Crippen LogP contribution in [0.4, 0.5) is 0 Å². The third kappa shape index (κ3) is 3.30. The Labute approximate surface area is 136 Å². The Kier molecular flexibility index (Phi) is 4.92. The molecule has 1 aliphatic rings. The summed E-state index contributed by atoms with van der Waals surface area (Å²) in [5, 5.41) is 19.6. The van der Waals surface area contributed by atoms with Gasteiger partial charge in [0.05, 0.1) is 21.3 Å². The monoisotopic (exact) mass is 332 g/mol. The average Bonchev–Trinajstić information content (AvgIpc) is 2.51. The molecule has 1 aromatic carbocycles. The number of hydrogen-bond donors (Lipinski definition) is 2. The Balaban J connectivity index is 2.57. The van der Waals surface area contributed by atoms with E-state index in [9.17, 15) is 18.6 Å². The number of aliphatic hydroxyl groups is 1. The molecule has 1 atom stereocenters. The fourth-order valence-electron chi connectivity index (χ4n) is 2.59. The highest BCUT2D eigenvalue weighted by molar-refractivity contribution is 7.95. The van der Waals surface area contributed by atoms with Crippen molar-refractivity contribution < 1.29 is 18.6 Å². The van der Waals surface area contributed by atoms with Crippen LogP contribution >= 0.6 is 0 Å². The minimum atomic E-state index is -3.73. The lowest BCUT2D eigenvalue weighted by Gasteiger charge is -2.31. The van der Waals surface area contributed by atoms with Gasteiger partial charge in [-0.15, -0.1) is 0 Å². The van der Waals surface area contributed by atoms with Crippen molar-refractivity contribution in [1.82, 2.24) is 0 Å². The maximum Gasteiger partial charge on any atom is 0.206 e. The van der Waals surface area contributed by atoms with Gasteiger partial charge in [0, 0.05) is 0 Å². The van der Waals surface area contributed by atoms with Crippen molar-refractivity contribution in [3.8, 4) is 5.75 Å². The topological polar surface area (TPSA) is 74.6 Å². The van der Waals surface area contributed by atoms with Gasteiger partial charge in [0.15, 0.2) is 0 Å². The quantitative estimate of drug-likeness (QED) is 0.831. The average molecular weight is 332 g/mol. The molecule has 2 N–H and O–H groups in total. The maximum atomic E-state index is 12.8. The van der Waals surface area contributed by atoms with Gasteiger partial charge in [-0.3, -0.25) is 0 Å². The molecule has 0 saturated carbocycles. The molecule has 1 aliphatic carbocycles. The molecule has 0 radical (unpaired) electrons. The molecule has 0 aliphatic heterocycles. The lowest BCUT2D eigenvalue weighted by molar-refractivity contribution is 0.159. The van der Waals surface area contributed by atoms with Gasteiger partial charge in [-0.2, -0.15) is 0 Å². The summed E-state index contributed by atoms with van der Waals surface area (Å²) in [6.07, 6.45) is 10.7. The minimum Gasteiger partial charge on any atom is -0.508 e. The van der Waals surface area contributed by atoms with Crippen LogP contribution < -0.4 is 0 Å². The van der Waals surface area contributed by atoms with Gasteiger partial charge in [0.25, 0.3) is 0 Å². The molecule has 0 saturated heterocycles. The van der Waals surface area contributed by atoms with Crippen molar-refractivity contribution in [2.24, 2.45) is 5.41 Å². The molecule has 0 aromatic heterocycles. The van der Waals surface area contributed by atoms with E-state index in [0.29, 0.717) is 0 Å². The Morgan fingerprint density at radius 3 is 2.17 bits per heavy atom. The Morgan fingerprint density at radius 1 is 1.09 bits per heavy atom. The van der Waals surface area contributed by atoms with Gasteiger partial charge < -0.3 is 10.2 Å². The van der Waals surface area contributed by atoms with E-state index in [-0.39, 0.29) is 15.6 Å². The highest BCUT2D eigenvalue weighted by Crippen LogP contribution is 2.37. The summed E-state index contributed by atoms with van der Waals surface area (Å²) in [5.74, 6) is 0.00437. The summed E-state index contributed by atoms with van der Waals surface area (Å²) in [7, 11) is -3.73. The molecule has 0 amide bonds. The van der Waals surface area contributed by atoms with Crippen LogP contribution in [-0.4, -0.2) is 24.7 Å². The Hall–Kier alpha value is -2.11. The van der Waals surface area contributed by atoms with Crippen molar-refractivity contribution >= 4 is 9.84 Å². The van der Waals surface area contributed by atoms with Gasteiger partial charge >= 0.3 is 0 Å². The zero-order chi connectivity index (χ0) is 17.1. The summed E-state index contributed by atoms with van der Waals surface area (Å²) in [4.78, 5) is 0.210. The van der Waals surface area contributed by atoms with Crippen molar-refractivity contribution in [3.05, 3.63) is 71.7 Å². The molecule has 0 bridgehead atoms. The van der Waals surface area contributed by atoms with E-state index in [1.165, 1.54) is 36.4 Å². The van der Waals surface area contributed by atoms with Gasteiger partial charge in [0.2, 0.25) is 9.84 Å². The van der Waals surface area contributed by atoms with Crippen LogP contribution in [0.2, 0.25) is 0 Å². The van der Waals surface area contributed by atoms with Crippen LogP contribution in [0, 0.1) is 5.41 Å². The second-order valence-corrected chi connectivity index (χ2v) is 7.30. The molecule has 122 valence electrons. The van der Waals surface area contributed by atoms with E-state index in [0.717, 1.165) is 0 Å². The molecule has 4 nitrogen and oxygen atoms in total. The van der Waals surface area contributed by atoms with Crippen LogP contribution in [0.5, 0.6) is 5.75 Å². The predicted octanol–water partition coefficient (Wildman–Crippen LogP) is 3.12. The Bertz CT molecular complexity index is 769. The fourth-order valence-corrected chi connectivity index (χ4v) is 3.97. The number of allylic oxidation sites excluding steroid dienone is 3. The molecule has 0 fully saturated rings. The molecule has 23 heavy (non-hydrogen) atoms. The van der Waals surface area contributed by atoms with Crippen molar-refractivity contribution in [1.29, 1.82) is 0 Å². The van der Waals surface area contributed by atoms with E-state index in [2.05, 4.69) is 0 Å². The number of benzene rings is 1. The van der Waals surface area contributed by atoms with Gasteiger partial charge in [-0.05, 0) is 50.3 Å². The largest absolute Gasteiger partial charge is 0.508 e. The highest BCUT2D eigenvalue weighted by Gasteiger charge is 2.34. The summed E-state index contributed by atoms with van der Waals surface area (Å²) >= 11 is 0. The molecule has 0 spiro atoms. The van der Waals surface area contributed by atoms with Crippen molar-refractivity contribution in [2.45, 2.75) is 24.8 Å². The molecule has 1 unspecified atom stereocenters. The smallest absolute Gasteiger partial charge is 0.206 e. The van der Waals surface area contributed by atoms with Crippen molar-refractivity contribution in [2.75, 3.05) is 0 Å². The first-order valence-corrected chi connectivity index (χ1v) is 8.75. The van der Waals surface area contributed by atoms with E-state index >= 15 is 0 Å². The summed E-state index contributed by atoms with van der Waals surface area (Å²) in [5.41, 5.74) is -0.891. The number of aliphatic hydroxyl groups excluding tert-OH is 1. The fraction of sp³-hybridized carbons (Fsp3) is 0.222. The third-order valence-electron chi connectivity index (χ3n) is 3.72. The first-order chi connectivity index (χ1) is 10.9. The van der Waals surface area contributed by atoms with Crippen LogP contribution in [0.3, 0.4) is 0 Å². The summed E-state index contributed by atoms with van der Waals surface area (Å²) in [6.45, 7) is 3.64. The van der Waals surface area contributed by atoms with E-state index in [1.807, 2.05) is 13.8 Å². The second-order valence-electron chi connectivity index (χ2n) is 5.35. The van der Waals surface area contributed by atoms with E-state index < -0.39 is 21.4 Å². The van der Waals surface area contributed by atoms with Gasteiger partial charge in [-0.1, -0.05) is 30.4 Å².